The fraction of sp³-hybridized carbons (Fsp3) is 0.120. The van der Waals surface area contributed by atoms with Crippen molar-refractivity contribution in [1.29, 1.82) is 0 Å². The molecular formula is C25H18Cl2FNO4. The molecule has 1 atom stereocenters. The van der Waals surface area contributed by atoms with Gasteiger partial charge in [0.15, 0.2) is 0 Å². The zero-order valence-electron chi connectivity index (χ0n) is 17.6. The number of benzene rings is 3. The van der Waals surface area contributed by atoms with Gasteiger partial charge in [-0.2, -0.15) is 0 Å². The Hall–Kier alpha value is -3.35. The van der Waals surface area contributed by atoms with E-state index in [1.165, 1.54) is 36.3 Å². The molecule has 8 heteroatoms. The van der Waals surface area contributed by atoms with Crippen molar-refractivity contribution in [1.82, 2.24) is 0 Å². The van der Waals surface area contributed by atoms with Crippen molar-refractivity contribution in [2.24, 2.45) is 0 Å². The summed E-state index contributed by atoms with van der Waals surface area (Å²) in [6.07, 6.45) is 0. The van der Waals surface area contributed by atoms with Gasteiger partial charge in [-0.1, -0.05) is 47.5 Å². The minimum atomic E-state index is -0.989. The van der Waals surface area contributed by atoms with Crippen molar-refractivity contribution in [2.75, 3.05) is 12.0 Å². The van der Waals surface area contributed by atoms with Crippen LogP contribution in [-0.2, 0) is 9.59 Å². The molecule has 0 aliphatic carbocycles. The Balaban J connectivity index is 2.02. The molecule has 1 aliphatic rings. The summed E-state index contributed by atoms with van der Waals surface area (Å²) in [5, 5.41) is 11.7. The first-order valence-electron chi connectivity index (χ1n) is 9.90. The van der Waals surface area contributed by atoms with E-state index >= 15 is 0 Å². The molecule has 0 bridgehead atoms. The van der Waals surface area contributed by atoms with Crippen LogP contribution in [0.15, 0.2) is 66.2 Å². The van der Waals surface area contributed by atoms with Gasteiger partial charge >= 0.3 is 0 Å². The van der Waals surface area contributed by atoms with Crippen LogP contribution in [0.5, 0.6) is 5.75 Å². The number of hydrogen-bond donors (Lipinski definition) is 1. The third kappa shape index (κ3) is 3.96. The predicted molar refractivity (Wildman–Crippen MR) is 125 cm³/mol. The Kier molecular flexibility index (Phi) is 6.15. The molecule has 168 valence electrons. The van der Waals surface area contributed by atoms with Gasteiger partial charge in [-0.15, -0.1) is 0 Å². The lowest BCUT2D eigenvalue weighted by Crippen LogP contribution is -2.29. The topological polar surface area (TPSA) is 66.8 Å². The monoisotopic (exact) mass is 485 g/mol. The number of anilines is 1. The predicted octanol–water partition coefficient (Wildman–Crippen LogP) is 6.08. The smallest absolute Gasteiger partial charge is 0.300 e. The van der Waals surface area contributed by atoms with E-state index in [4.69, 9.17) is 27.9 Å². The molecule has 1 aliphatic heterocycles. The number of ketones is 1. The minimum Gasteiger partial charge on any atom is -0.507 e. The highest BCUT2D eigenvalue weighted by atomic mass is 35.5. The van der Waals surface area contributed by atoms with E-state index in [9.17, 15) is 19.1 Å². The van der Waals surface area contributed by atoms with Crippen molar-refractivity contribution >= 4 is 46.3 Å². The van der Waals surface area contributed by atoms with Crippen LogP contribution in [-0.4, -0.2) is 23.9 Å². The molecule has 5 nitrogen and oxygen atoms in total. The lowest BCUT2D eigenvalue weighted by Gasteiger charge is -2.27. The molecule has 1 amide bonds. The number of hydrogen-bond acceptors (Lipinski definition) is 4. The molecule has 33 heavy (non-hydrogen) atoms. The number of methoxy groups -OCH3 is 1. The average molecular weight is 486 g/mol. The van der Waals surface area contributed by atoms with Crippen molar-refractivity contribution in [2.45, 2.75) is 13.0 Å². The molecule has 3 aromatic carbocycles. The Labute approximate surface area is 199 Å². The van der Waals surface area contributed by atoms with Gasteiger partial charge in [-0.25, -0.2) is 4.39 Å². The fourth-order valence-corrected chi connectivity index (χ4v) is 4.22. The summed E-state index contributed by atoms with van der Waals surface area (Å²) >= 11 is 12.2. The summed E-state index contributed by atoms with van der Waals surface area (Å²) in [6, 6.07) is 14.3. The largest absolute Gasteiger partial charge is 0.507 e. The Morgan fingerprint density at radius 1 is 1.03 bits per heavy atom. The number of halogens is 3. The van der Waals surface area contributed by atoms with Crippen molar-refractivity contribution < 1.29 is 23.8 Å². The summed E-state index contributed by atoms with van der Waals surface area (Å²) in [4.78, 5) is 27.7. The molecule has 1 N–H and O–H groups in total. The molecule has 0 saturated carbocycles. The fourth-order valence-electron chi connectivity index (χ4n) is 3.93. The Morgan fingerprint density at radius 3 is 2.42 bits per heavy atom. The summed E-state index contributed by atoms with van der Waals surface area (Å²) in [7, 11) is 1.36. The molecule has 0 radical (unpaired) electrons. The van der Waals surface area contributed by atoms with Crippen LogP contribution in [0.2, 0.25) is 10.0 Å². The second kappa shape index (κ2) is 8.89. The van der Waals surface area contributed by atoms with Crippen molar-refractivity contribution in [3.63, 3.8) is 0 Å². The lowest BCUT2D eigenvalue weighted by molar-refractivity contribution is -0.132. The Bertz CT molecular complexity index is 1320. The van der Waals surface area contributed by atoms with E-state index in [-0.39, 0.29) is 26.9 Å². The van der Waals surface area contributed by atoms with Crippen LogP contribution in [0.1, 0.15) is 22.7 Å². The highest BCUT2D eigenvalue weighted by molar-refractivity contribution is 6.52. The summed E-state index contributed by atoms with van der Waals surface area (Å²) in [6.45, 7) is 1.83. The number of aliphatic hydroxyl groups is 1. The summed E-state index contributed by atoms with van der Waals surface area (Å²) < 4.78 is 19.3. The third-order valence-electron chi connectivity index (χ3n) is 5.53. The molecule has 0 spiro atoms. The number of aliphatic hydroxyl groups excluding tert-OH is 1. The maximum absolute atomic E-state index is 14.0. The number of carbonyl (C=O) groups is 2. The number of ether oxygens (including phenoxy) is 1. The maximum Gasteiger partial charge on any atom is 0.300 e. The van der Waals surface area contributed by atoms with Gasteiger partial charge in [0.25, 0.3) is 11.7 Å². The van der Waals surface area contributed by atoms with E-state index in [1.54, 1.807) is 18.2 Å². The molecule has 3 aromatic rings. The summed E-state index contributed by atoms with van der Waals surface area (Å²) in [5.41, 5.74) is 1.49. The minimum absolute atomic E-state index is 0.0387. The zero-order chi connectivity index (χ0) is 23.9. The Morgan fingerprint density at radius 2 is 1.76 bits per heavy atom. The van der Waals surface area contributed by atoms with Crippen LogP contribution < -0.4 is 9.64 Å². The first-order chi connectivity index (χ1) is 15.7. The molecule has 1 fully saturated rings. The van der Waals surface area contributed by atoms with Crippen LogP contribution in [0.4, 0.5) is 10.1 Å². The second-order valence-electron chi connectivity index (χ2n) is 7.47. The maximum atomic E-state index is 14.0. The van der Waals surface area contributed by atoms with Crippen LogP contribution in [0.25, 0.3) is 5.76 Å². The molecule has 1 heterocycles. The van der Waals surface area contributed by atoms with Gasteiger partial charge in [0.1, 0.15) is 17.3 Å². The summed E-state index contributed by atoms with van der Waals surface area (Å²) in [5.74, 6) is -2.81. The van der Waals surface area contributed by atoms with E-state index in [2.05, 4.69) is 0 Å². The van der Waals surface area contributed by atoms with Crippen LogP contribution in [0.3, 0.4) is 0 Å². The second-order valence-corrected chi connectivity index (χ2v) is 8.28. The van der Waals surface area contributed by atoms with E-state index in [1.807, 2.05) is 19.1 Å². The first kappa shape index (κ1) is 22.8. The molecule has 1 saturated heterocycles. The van der Waals surface area contributed by atoms with Crippen molar-refractivity contribution in [3.8, 4) is 5.75 Å². The third-order valence-corrected chi connectivity index (χ3v) is 6.26. The van der Waals surface area contributed by atoms with Crippen LogP contribution >= 0.6 is 23.2 Å². The SMILES string of the molecule is COc1ccc(F)cc1/C(O)=C1\C(=O)C(=O)N(c2ccc(Cl)c(Cl)c2)C1c1ccccc1C. The van der Waals surface area contributed by atoms with Crippen LogP contribution in [0, 0.1) is 12.7 Å². The average Bonchev–Trinajstić information content (AvgIpc) is 3.06. The number of carbonyl (C=O) groups excluding carboxylic acids is 2. The van der Waals surface area contributed by atoms with E-state index < -0.39 is 29.3 Å². The lowest BCUT2D eigenvalue weighted by atomic mass is 9.92. The van der Waals surface area contributed by atoms with E-state index in [0.717, 1.165) is 11.6 Å². The van der Waals surface area contributed by atoms with Gasteiger partial charge in [-0.05, 0) is 54.4 Å². The number of Topliss-reactive ketones (excluding diaryl/α,β-unsaturated/α-hetero) is 1. The van der Waals surface area contributed by atoms with Gasteiger partial charge in [0, 0.05) is 5.69 Å². The molecule has 1 unspecified atom stereocenters. The van der Waals surface area contributed by atoms with Gasteiger partial charge in [0.05, 0.1) is 34.3 Å². The van der Waals surface area contributed by atoms with Gasteiger partial charge < -0.3 is 9.84 Å². The number of aryl methyl sites for hydroxylation is 1. The highest BCUT2D eigenvalue weighted by Gasteiger charge is 2.47. The van der Waals surface area contributed by atoms with E-state index in [0.29, 0.717) is 11.3 Å². The van der Waals surface area contributed by atoms with Gasteiger partial charge in [0.2, 0.25) is 0 Å². The normalized spacial score (nSPS) is 17.5. The van der Waals surface area contributed by atoms with Crippen molar-refractivity contribution in [3.05, 3.63) is 98.8 Å². The quantitative estimate of drug-likeness (QED) is 0.276. The number of amides is 1. The van der Waals surface area contributed by atoms with Gasteiger partial charge in [-0.3, -0.25) is 14.5 Å². The highest BCUT2D eigenvalue weighted by Crippen LogP contribution is 2.45. The number of rotatable bonds is 4. The molecule has 4 rings (SSSR count). The first-order valence-corrected chi connectivity index (χ1v) is 10.7. The molecular weight excluding hydrogens is 468 g/mol. The molecule has 0 aromatic heterocycles. The standard InChI is InChI=1S/C25H18Cl2FNO4/c1-13-5-3-4-6-16(13)22-21(23(30)17-11-14(28)7-10-20(17)33-2)24(31)25(32)29(22)15-8-9-18(26)19(27)12-15/h3-12,22,30H,1-2H3/b23-21+. The zero-order valence-corrected chi connectivity index (χ0v) is 19.1. The number of nitrogens with zero attached hydrogens (tertiary/aromatic N) is 1.